The third-order valence-electron chi connectivity index (χ3n) is 10.3. The van der Waals surface area contributed by atoms with Gasteiger partial charge in [-0.05, 0) is 87.4 Å². The number of likely N-dealkylation sites (N-methyl/N-ethyl adjacent to an activating group) is 1. The molecule has 45 heavy (non-hydrogen) atoms. The van der Waals surface area contributed by atoms with Crippen molar-refractivity contribution < 1.29 is 9.53 Å². The summed E-state index contributed by atoms with van der Waals surface area (Å²) in [5, 5.41) is 6.97. The molecular weight excluding hydrogens is 566 g/mol. The third-order valence-corrected chi connectivity index (χ3v) is 10.3. The molecule has 3 aliphatic heterocycles. The van der Waals surface area contributed by atoms with Crippen LogP contribution < -0.4 is 21.3 Å². The molecule has 5 heterocycles. The van der Waals surface area contributed by atoms with Gasteiger partial charge in [-0.1, -0.05) is 6.07 Å². The van der Waals surface area contributed by atoms with E-state index < -0.39 is 5.91 Å². The van der Waals surface area contributed by atoms with Crippen LogP contribution in [-0.4, -0.2) is 102 Å². The summed E-state index contributed by atoms with van der Waals surface area (Å²) in [6.45, 7) is 8.46. The minimum atomic E-state index is -0.640. The minimum Gasteiger partial charge on any atom is -0.381 e. The Bertz CT molecular complexity index is 1450. The molecule has 0 unspecified atom stereocenters. The standard InChI is InChI=1S/C34H45N9O2/c1-41-16-18-43(19-17-41)27-9-14-42(15-10-27)26-7-5-24(6-8-26)37-33-30(31(35)44)39-29(28-4-2-3-13-36-28)32(40-33)38-25-22-34(23-25)11-20-45-21-12-34/h2-8,13,25,27H,9-12,14-23H2,1H3,(H2,35,44)(H2,37,38,40). The van der Waals surface area contributed by atoms with Gasteiger partial charge >= 0.3 is 0 Å². The summed E-state index contributed by atoms with van der Waals surface area (Å²) in [5.41, 5.74) is 9.48. The van der Waals surface area contributed by atoms with Gasteiger partial charge in [0.25, 0.3) is 5.91 Å². The number of amides is 1. The number of aromatic nitrogens is 3. The van der Waals surface area contributed by atoms with Crippen molar-refractivity contribution in [3.05, 3.63) is 54.4 Å². The number of ether oxygens (including phenoxy) is 1. The fraction of sp³-hybridized carbons (Fsp3) is 0.529. The molecule has 3 aromatic rings. The Hall–Kier alpha value is -3.80. The first-order valence-corrected chi connectivity index (χ1v) is 16.5. The van der Waals surface area contributed by atoms with Crippen LogP contribution in [0.15, 0.2) is 48.7 Å². The number of hydrogen-bond donors (Lipinski definition) is 3. The number of primary amides is 1. The van der Waals surface area contributed by atoms with E-state index in [4.69, 9.17) is 20.4 Å². The second-order valence-electron chi connectivity index (χ2n) is 13.3. The smallest absolute Gasteiger partial charge is 0.271 e. The van der Waals surface area contributed by atoms with E-state index in [1.807, 2.05) is 30.3 Å². The average Bonchev–Trinajstić information content (AvgIpc) is 3.06. The molecule has 7 rings (SSSR count). The first-order chi connectivity index (χ1) is 21.9. The Morgan fingerprint density at radius 1 is 0.933 bits per heavy atom. The lowest BCUT2D eigenvalue weighted by Crippen LogP contribution is -2.52. The zero-order valence-corrected chi connectivity index (χ0v) is 26.3. The van der Waals surface area contributed by atoms with Crippen molar-refractivity contribution in [2.24, 2.45) is 11.1 Å². The van der Waals surface area contributed by atoms with Gasteiger partial charge < -0.3 is 30.9 Å². The van der Waals surface area contributed by atoms with Crippen LogP contribution in [0, 0.1) is 5.41 Å². The highest BCUT2D eigenvalue weighted by atomic mass is 16.5. The number of piperazine rings is 1. The van der Waals surface area contributed by atoms with E-state index in [0.29, 0.717) is 34.5 Å². The van der Waals surface area contributed by atoms with Crippen molar-refractivity contribution >= 4 is 28.9 Å². The van der Waals surface area contributed by atoms with Gasteiger partial charge in [0, 0.05) is 82.1 Å². The third kappa shape index (κ3) is 6.61. The Balaban J connectivity index is 1.06. The van der Waals surface area contributed by atoms with Gasteiger partial charge in [-0.3, -0.25) is 14.7 Å². The molecule has 0 atom stereocenters. The van der Waals surface area contributed by atoms with Crippen molar-refractivity contribution in [3.63, 3.8) is 0 Å². The number of benzene rings is 1. The minimum absolute atomic E-state index is 0.0887. The zero-order chi connectivity index (χ0) is 30.8. The molecule has 0 bridgehead atoms. The molecule has 0 radical (unpaired) electrons. The summed E-state index contributed by atoms with van der Waals surface area (Å²) in [4.78, 5) is 34.4. The number of piperidine rings is 1. The summed E-state index contributed by atoms with van der Waals surface area (Å²) >= 11 is 0. The number of carbonyl (C=O) groups excluding carboxylic acids is 1. The van der Waals surface area contributed by atoms with E-state index in [1.165, 1.54) is 31.6 Å². The van der Waals surface area contributed by atoms with E-state index >= 15 is 0 Å². The summed E-state index contributed by atoms with van der Waals surface area (Å²) in [6.07, 6.45) is 8.42. The molecule has 4 fully saturated rings. The van der Waals surface area contributed by atoms with Crippen LogP contribution in [0.2, 0.25) is 0 Å². The summed E-state index contributed by atoms with van der Waals surface area (Å²) in [7, 11) is 2.21. The van der Waals surface area contributed by atoms with Crippen LogP contribution in [0.3, 0.4) is 0 Å². The quantitative estimate of drug-likeness (QED) is 0.345. The van der Waals surface area contributed by atoms with Crippen molar-refractivity contribution in [1.29, 1.82) is 0 Å². The van der Waals surface area contributed by atoms with E-state index in [0.717, 1.165) is 70.8 Å². The molecule has 11 nitrogen and oxygen atoms in total. The summed E-state index contributed by atoms with van der Waals surface area (Å²) in [6, 6.07) is 14.9. The number of nitrogens with zero attached hydrogens (tertiary/aromatic N) is 6. The van der Waals surface area contributed by atoms with Crippen LogP contribution in [0.25, 0.3) is 11.4 Å². The van der Waals surface area contributed by atoms with Crippen molar-refractivity contribution in [3.8, 4) is 11.4 Å². The summed E-state index contributed by atoms with van der Waals surface area (Å²) < 4.78 is 5.60. The van der Waals surface area contributed by atoms with Gasteiger partial charge in [0.2, 0.25) is 0 Å². The van der Waals surface area contributed by atoms with Gasteiger partial charge in [0.1, 0.15) is 5.69 Å². The van der Waals surface area contributed by atoms with Crippen LogP contribution in [0.4, 0.5) is 23.0 Å². The molecule has 2 aromatic heterocycles. The van der Waals surface area contributed by atoms with Gasteiger partial charge in [-0.25, -0.2) is 9.97 Å². The molecule has 1 aliphatic carbocycles. The Morgan fingerprint density at radius 2 is 1.67 bits per heavy atom. The number of anilines is 4. The highest BCUT2D eigenvalue weighted by Crippen LogP contribution is 2.50. The fourth-order valence-corrected chi connectivity index (χ4v) is 7.54. The molecule has 1 spiro atoms. The molecule has 1 amide bonds. The predicted molar refractivity (Wildman–Crippen MR) is 177 cm³/mol. The molecule has 1 saturated carbocycles. The number of rotatable bonds is 8. The monoisotopic (exact) mass is 611 g/mol. The SMILES string of the molecule is CN1CCN(C2CCN(c3ccc(Nc4nc(NC5CC6(CCOCC6)C5)c(-c5ccccn5)nc4C(N)=O)cc3)CC2)CC1. The van der Waals surface area contributed by atoms with E-state index in [-0.39, 0.29) is 11.7 Å². The predicted octanol–water partition coefficient (Wildman–Crippen LogP) is 3.97. The molecule has 3 saturated heterocycles. The highest BCUT2D eigenvalue weighted by Gasteiger charge is 2.45. The fourth-order valence-electron chi connectivity index (χ4n) is 7.54. The summed E-state index contributed by atoms with van der Waals surface area (Å²) in [5.74, 6) is 0.303. The number of carbonyl (C=O) groups is 1. The van der Waals surface area contributed by atoms with E-state index in [2.05, 4.69) is 49.5 Å². The first kappa shape index (κ1) is 29.9. The lowest BCUT2D eigenvalue weighted by molar-refractivity contribution is -0.0342. The molecule has 238 valence electrons. The van der Waals surface area contributed by atoms with Crippen molar-refractivity contribution in [2.45, 2.75) is 50.6 Å². The van der Waals surface area contributed by atoms with Crippen molar-refractivity contribution in [2.75, 3.05) is 75.1 Å². The van der Waals surface area contributed by atoms with E-state index in [1.54, 1.807) is 6.20 Å². The molecular formula is C34H45N9O2. The van der Waals surface area contributed by atoms with Crippen LogP contribution >= 0.6 is 0 Å². The van der Waals surface area contributed by atoms with Gasteiger partial charge in [-0.15, -0.1) is 0 Å². The van der Waals surface area contributed by atoms with Crippen LogP contribution in [0.5, 0.6) is 0 Å². The van der Waals surface area contributed by atoms with Crippen LogP contribution in [0.1, 0.15) is 49.0 Å². The normalized spacial score (nSPS) is 21.4. The van der Waals surface area contributed by atoms with Crippen molar-refractivity contribution in [1.82, 2.24) is 24.8 Å². The number of hydrogen-bond acceptors (Lipinski definition) is 10. The van der Waals surface area contributed by atoms with Gasteiger partial charge in [0.05, 0.1) is 5.69 Å². The molecule has 4 N–H and O–H groups in total. The van der Waals surface area contributed by atoms with Gasteiger partial charge in [-0.2, -0.15) is 0 Å². The topological polar surface area (TPSA) is 125 Å². The maximum absolute atomic E-state index is 12.6. The van der Waals surface area contributed by atoms with Gasteiger partial charge in [0.15, 0.2) is 17.3 Å². The molecule has 4 aliphatic rings. The highest BCUT2D eigenvalue weighted by molar-refractivity contribution is 5.97. The Morgan fingerprint density at radius 3 is 2.33 bits per heavy atom. The van der Waals surface area contributed by atoms with Crippen LogP contribution in [-0.2, 0) is 4.74 Å². The number of nitrogens with one attached hydrogen (secondary N) is 2. The average molecular weight is 612 g/mol. The molecule has 11 heteroatoms. The number of nitrogens with two attached hydrogens (primary N) is 1. The maximum Gasteiger partial charge on any atom is 0.271 e. The lowest BCUT2D eigenvalue weighted by Gasteiger charge is -2.50. The maximum atomic E-state index is 12.6. The first-order valence-electron chi connectivity index (χ1n) is 16.5. The Labute approximate surface area is 265 Å². The van der Waals surface area contributed by atoms with E-state index in [9.17, 15) is 4.79 Å². The number of pyridine rings is 1. The molecule has 1 aromatic carbocycles. The largest absolute Gasteiger partial charge is 0.381 e. The lowest BCUT2D eigenvalue weighted by atomic mass is 9.61. The Kier molecular flexibility index (Phi) is 8.57. The second-order valence-corrected chi connectivity index (χ2v) is 13.3. The second kappa shape index (κ2) is 12.9. The zero-order valence-electron chi connectivity index (χ0n) is 26.3.